The second-order valence-electron chi connectivity index (χ2n) is 8.22. The number of carbonyl (C=O) groups excluding carboxylic acids is 2. The van der Waals surface area contributed by atoms with E-state index in [1.54, 1.807) is 0 Å². The number of fused-ring (bicyclic) bond motifs is 3. The molecule has 1 unspecified atom stereocenters. The van der Waals surface area contributed by atoms with Crippen molar-refractivity contribution in [3.63, 3.8) is 0 Å². The molecule has 0 saturated heterocycles. The molecular weight excluding hydrogens is 458 g/mol. The van der Waals surface area contributed by atoms with Crippen molar-refractivity contribution >= 4 is 23.7 Å². The third-order valence-electron chi connectivity index (χ3n) is 5.87. The van der Waals surface area contributed by atoms with Gasteiger partial charge in [-0.2, -0.15) is 0 Å². The fraction of sp³-hybridized carbons (Fsp3) is 0.192. The van der Waals surface area contributed by atoms with Crippen molar-refractivity contribution < 1.29 is 33.0 Å². The maximum atomic E-state index is 13.8. The Balaban J connectivity index is 1.31. The van der Waals surface area contributed by atoms with Crippen LogP contribution in [0.25, 0.3) is 11.1 Å². The molecule has 3 aromatic rings. The lowest BCUT2D eigenvalue weighted by Crippen LogP contribution is -2.35. The third-order valence-corrected chi connectivity index (χ3v) is 5.87. The lowest BCUT2D eigenvalue weighted by molar-refractivity contribution is -0.119. The summed E-state index contributed by atoms with van der Waals surface area (Å²) in [5, 5.41) is 13.6. The molecular formula is C26H22F2N2O5. The summed E-state index contributed by atoms with van der Waals surface area (Å²) in [7, 11) is 0. The number of alkyl carbamates (subject to hydrolysis) is 1. The highest BCUT2D eigenvalue weighted by atomic mass is 19.1. The first kappa shape index (κ1) is 23.9. The fourth-order valence-electron chi connectivity index (χ4n) is 4.09. The number of nitrogens with one attached hydrogen (secondary N) is 2. The second-order valence-corrected chi connectivity index (χ2v) is 8.22. The summed E-state index contributed by atoms with van der Waals surface area (Å²) in [5.41, 5.74) is 3.01. The Morgan fingerprint density at radius 1 is 0.971 bits per heavy atom. The van der Waals surface area contributed by atoms with Crippen molar-refractivity contribution in [3.8, 4) is 11.1 Å². The summed E-state index contributed by atoms with van der Waals surface area (Å²) in [6.45, 7) is 1.55. The molecule has 0 heterocycles. The number of hydrogen-bond acceptors (Lipinski definition) is 4. The van der Waals surface area contributed by atoms with Crippen LogP contribution >= 0.6 is 0 Å². The van der Waals surface area contributed by atoms with Crippen molar-refractivity contribution in [1.29, 1.82) is 0 Å². The van der Waals surface area contributed by atoms with Crippen molar-refractivity contribution in [2.75, 3.05) is 18.5 Å². The summed E-state index contributed by atoms with van der Waals surface area (Å²) < 4.78 is 33.1. The highest BCUT2D eigenvalue weighted by Gasteiger charge is 2.29. The quantitative estimate of drug-likeness (QED) is 0.452. The molecule has 0 fully saturated rings. The molecule has 1 aliphatic carbocycles. The largest absolute Gasteiger partial charge is 0.477 e. The summed E-state index contributed by atoms with van der Waals surface area (Å²) in [5.74, 6) is -5.85. The van der Waals surface area contributed by atoms with Crippen LogP contribution in [0, 0.1) is 17.6 Å². The van der Waals surface area contributed by atoms with Gasteiger partial charge in [0.1, 0.15) is 23.8 Å². The average Bonchev–Trinajstić information content (AvgIpc) is 3.14. The number of anilines is 1. The van der Waals surface area contributed by atoms with Gasteiger partial charge in [0, 0.05) is 18.2 Å². The van der Waals surface area contributed by atoms with Crippen LogP contribution in [-0.2, 0) is 9.53 Å². The molecule has 1 atom stereocenters. The number of carboxylic acid groups (broad SMARTS) is 1. The van der Waals surface area contributed by atoms with E-state index < -0.39 is 41.1 Å². The molecule has 35 heavy (non-hydrogen) atoms. The van der Waals surface area contributed by atoms with Gasteiger partial charge in [0.2, 0.25) is 5.91 Å². The van der Waals surface area contributed by atoms with E-state index in [9.17, 15) is 23.2 Å². The first-order chi connectivity index (χ1) is 16.8. The van der Waals surface area contributed by atoms with Crippen LogP contribution in [0.2, 0.25) is 0 Å². The Morgan fingerprint density at radius 3 is 2.06 bits per heavy atom. The number of carboxylic acids is 1. The number of halogens is 2. The van der Waals surface area contributed by atoms with E-state index >= 15 is 0 Å². The van der Waals surface area contributed by atoms with Crippen LogP contribution in [0.3, 0.4) is 0 Å². The number of ether oxygens (including phenoxy) is 1. The number of carbonyl (C=O) groups is 3. The number of hydrogen-bond donors (Lipinski definition) is 3. The van der Waals surface area contributed by atoms with Gasteiger partial charge in [-0.1, -0.05) is 55.5 Å². The Labute approximate surface area is 199 Å². The van der Waals surface area contributed by atoms with Crippen LogP contribution in [0.1, 0.15) is 34.3 Å². The van der Waals surface area contributed by atoms with Crippen LogP contribution in [0.15, 0.2) is 60.7 Å². The topological polar surface area (TPSA) is 105 Å². The summed E-state index contributed by atoms with van der Waals surface area (Å²) in [6, 6.07) is 17.3. The molecule has 0 bridgehead atoms. The van der Waals surface area contributed by atoms with Gasteiger partial charge in [-0.3, -0.25) is 4.79 Å². The summed E-state index contributed by atoms with van der Waals surface area (Å²) >= 11 is 0. The molecule has 2 amide bonds. The highest BCUT2D eigenvalue weighted by molar-refractivity contribution is 5.94. The van der Waals surface area contributed by atoms with Gasteiger partial charge in [0.25, 0.3) is 0 Å². The molecule has 0 aliphatic heterocycles. The van der Waals surface area contributed by atoms with E-state index in [0.29, 0.717) is 0 Å². The van der Waals surface area contributed by atoms with Crippen LogP contribution in [0.5, 0.6) is 0 Å². The van der Waals surface area contributed by atoms with Crippen molar-refractivity contribution in [1.82, 2.24) is 5.32 Å². The number of aromatic carboxylic acids is 1. The van der Waals surface area contributed by atoms with Gasteiger partial charge in [-0.25, -0.2) is 18.4 Å². The molecule has 0 spiro atoms. The number of rotatable bonds is 7. The standard InChI is InChI=1S/C26H22F2N2O5/c1-14(24(31)30-15-10-21(27)23(25(32)33)22(28)11-15)12-29-26(34)35-13-20-18-8-4-2-6-16(18)17-7-3-5-9-19(17)20/h2-11,14,20H,12-13H2,1H3,(H,29,34)(H,30,31)(H,32,33). The zero-order valence-electron chi connectivity index (χ0n) is 18.7. The molecule has 9 heteroatoms. The molecule has 1 aliphatic rings. The Bertz CT molecular complexity index is 1240. The first-order valence-electron chi connectivity index (χ1n) is 10.9. The highest BCUT2D eigenvalue weighted by Crippen LogP contribution is 2.44. The Kier molecular flexibility index (Phi) is 6.77. The monoisotopic (exact) mass is 480 g/mol. The summed E-state index contributed by atoms with van der Waals surface area (Å²) in [6.07, 6.45) is -0.700. The Morgan fingerprint density at radius 2 is 1.51 bits per heavy atom. The SMILES string of the molecule is CC(CNC(=O)OCC1c2ccccc2-c2ccccc21)C(=O)Nc1cc(F)c(C(=O)O)c(F)c1. The fourth-order valence-corrected chi connectivity index (χ4v) is 4.09. The molecule has 0 radical (unpaired) electrons. The smallest absolute Gasteiger partial charge is 0.407 e. The van der Waals surface area contributed by atoms with Gasteiger partial charge in [-0.05, 0) is 34.4 Å². The van der Waals surface area contributed by atoms with Gasteiger partial charge < -0.3 is 20.5 Å². The van der Waals surface area contributed by atoms with E-state index in [-0.39, 0.29) is 24.8 Å². The predicted octanol–water partition coefficient (Wildman–Crippen LogP) is 4.78. The summed E-state index contributed by atoms with van der Waals surface area (Å²) in [4.78, 5) is 35.5. The van der Waals surface area contributed by atoms with Crippen molar-refractivity contribution in [2.45, 2.75) is 12.8 Å². The van der Waals surface area contributed by atoms with Gasteiger partial charge in [0.05, 0.1) is 5.92 Å². The molecule has 3 N–H and O–H groups in total. The van der Waals surface area contributed by atoms with E-state index in [1.165, 1.54) is 6.92 Å². The third kappa shape index (κ3) is 4.98. The van der Waals surface area contributed by atoms with Gasteiger partial charge >= 0.3 is 12.1 Å². The van der Waals surface area contributed by atoms with Crippen LogP contribution < -0.4 is 10.6 Å². The van der Waals surface area contributed by atoms with E-state index in [4.69, 9.17) is 9.84 Å². The molecule has 7 nitrogen and oxygen atoms in total. The van der Waals surface area contributed by atoms with Crippen molar-refractivity contribution in [3.05, 3.63) is 89.0 Å². The van der Waals surface area contributed by atoms with Crippen LogP contribution in [0.4, 0.5) is 19.3 Å². The van der Waals surface area contributed by atoms with E-state index in [1.807, 2.05) is 48.5 Å². The lowest BCUT2D eigenvalue weighted by atomic mass is 9.98. The molecule has 0 aromatic heterocycles. The number of amides is 2. The molecule has 0 saturated carbocycles. The van der Waals surface area contributed by atoms with Gasteiger partial charge in [-0.15, -0.1) is 0 Å². The first-order valence-corrected chi connectivity index (χ1v) is 10.9. The van der Waals surface area contributed by atoms with Crippen LogP contribution in [-0.4, -0.2) is 36.2 Å². The minimum absolute atomic E-state index is 0.0827. The predicted molar refractivity (Wildman–Crippen MR) is 124 cm³/mol. The van der Waals surface area contributed by atoms with E-state index in [2.05, 4.69) is 10.6 Å². The normalized spacial score (nSPS) is 12.9. The number of benzene rings is 3. The molecule has 180 valence electrons. The lowest BCUT2D eigenvalue weighted by Gasteiger charge is -2.16. The zero-order valence-corrected chi connectivity index (χ0v) is 18.7. The minimum Gasteiger partial charge on any atom is -0.477 e. The van der Waals surface area contributed by atoms with Gasteiger partial charge in [0.15, 0.2) is 0 Å². The zero-order chi connectivity index (χ0) is 25.1. The minimum atomic E-state index is -1.75. The van der Waals surface area contributed by atoms with E-state index in [0.717, 1.165) is 34.4 Å². The maximum absolute atomic E-state index is 13.8. The van der Waals surface area contributed by atoms with Crippen molar-refractivity contribution in [2.24, 2.45) is 5.92 Å². The molecule has 4 rings (SSSR count). The maximum Gasteiger partial charge on any atom is 0.407 e. The Hall–Kier alpha value is -4.27. The average molecular weight is 480 g/mol. The second kappa shape index (κ2) is 9.92. The molecule has 3 aromatic carbocycles.